The monoisotopic (exact) mass is 363 g/mol. The molecule has 0 spiro atoms. The molecule has 0 aliphatic heterocycles. The number of allylic oxidation sites excluding steroid dienone is 2. The number of esters is 1. The third-order valence-corrected chi connectivity index (χ3v) is 6.23. The highest BCUT2D eigenvalue weighted by atomic mass is 19.1. The molecule has 0 bridgehead atoms. The Morgan fingerprint density at radius 1 is 1.08 bits per heavy atom. The van der Waals surface area contributed by atoms with Crippen molar-refractivity contribution in [2.45, 2.75) is 96.5 Å². The summed E-state index contributed by atoms with van der Waals surface area (Å²) in [6, 6.07) is 1.51. The van der Waals surface area contributed by atoms with Crippen LogP contribution in [0.3, 0.4) is 0 Å². The fraction of sp³-hybridized carbons (Fsp3) is 0.818. The summed E-state index contributed by atoms with van der Waals surface area (Å²) in [4.78, 5) is 12.4. The molecular weight excluding hydrogens is 329 g/mol. The first-order valence-corrected chi connectivity index (χ1v) is 10.6. The number of rotatable bonds is 8. The molecule has 0 aromatic rings. The van der Waals surface area contributed by atoms with Crippen LogP contribution in [0.4, 0.5) is 4.39 Å². The highest BCUT2D eigenvalue weighted by molar-refractivity contribution is 5.72. The first kappa shape index (κ1) is 20.9. The number of nitrogens with zero attached hydrogens (tertiary/aromatic N) is 1. The Kier molecular flexibility index (Phi) is 9.15. The minimum Gasteiger partial charge on any atom is -0.462 e. The van der Waals surface area contributed by atoms with Gasteiger partial charge in [0.25, 0.3) is 0 Å². The van der Waals surface area contributed by atoms with Crippen LogP contribution in [-0.2, 0) is 9.53 Å². The van der Waals surface area contributed by atoms with E-state index >= 15 is 0 Å². The summed E-state index contributed by atoms with van der Waals surface area (Å²) < 4.78 is 18.6. The molecule has 2 rings (SSSR count). The number of hydrogen-bond donors (Lipinski definition) is 0. The molecule has 2 aliphatic carbocycles. The lowest BCUT2D eigenvalue weighted by molar-refractivity contribution is -0.157. The molecule has 0 heterocycles. The molecule has 2 aliphatic rings. The van der Waals surface area contributed by atoms with Crippen molar-refractivity contribution in [3.8, 4) is 6.07 Å². The SMILES string of the molecule is CCCC[C@H]1CC[C@H](C(=O)O[C@H]2CC[C@H](CCC=C(F)C#N)CC2)CC1. The van der Waals surface area contributed by atoms with Gasteiger partial charge in [-0.3, -0.25) is 4.79 Å². The zero-order chi connectivity index (χ0) is 18.8. The van der Waals surface area contributed by atoms with E-state index in [1.165, 1.54) is 44.2 Å². The summed E-state index contributed by atoms with van der Waals surface area (Å²) >= 11 is 0. The maximum atomic E-state index is 12.8. The van der Waals surface area contributed by atoms with Crippen LogP contribution in [0.15, 0.2) is 11.9 Å². The predicted octanol–water partition coefficient (Wildman–Crippen LogP) is 6.24. The molecule has 146 valence electrons. The van der Waals surface area contributed by atoms with Crippen LogP contribution in [0.2, 0.25) is 0 Å². The van der Waals surface area contributed by atoms with Gasteiger partial charge in [0.15, 0.2) is 5.83 Å². The van der Waals surface area contributed by atoms with Gasteiger partial charge in [0.2, 0.25) is 0 Å². The van der Waals surface area contributed by atoms with Crippen LogP contribution in [-0.4, -0.2) is 12.1 Å². The quantitative estimate of drug-likeness (QED) is 0.379. The van der Waals surface area contributed by atoms with Crippen molar-refractivity contribution < 1.29 is 13.9 Å². The number of hydrogen-bond acceptors (Lipinski definition) is 3. The third-order valence-electron chi connectivity index (χ3n) is 6.23. The highest BCUT2D eigenvalue weighted by Gasteiger charge is 2.30. The molecule has 2 saturated carbocycles. The van der Waals surface area contributed by atoms with E-state index in [4.69, 9.17) is 10.00 Å². The fourth-order valence-corrected chi connectivity index (χ4v) is 4.47. The standard InChI is InChI=1S/C22H34FNO2/c1-2-3-5-17-8-12-19(13-9-17)22(25)26-21-14-10-18(11-15-21)6-4-7-20(23)16-24/h7,17-19,21H,2-6,8-15H2,1H3/t17-,18-,19-,21-. The van der Waals surface area contributed by atoms with Crippen LogP contribution >= 0.6 is 0 Å². The number of nitriles is 1. The Morgan fingerprint density at radius 2 is 1.69 bits per heavy atom. The van der Waals surface area contributed by atoms with Gasteiger partial charge in [-0.2, -0.15) is 9.65 Å². The summed E-state index contributed by atoms with van der Waals surface area (Å²) in [7, 11) is 0. The van der Waals surface area contributed by atoms with Gasteiger partial charge in [0, 0.05) is 0 Å². The van der Waals surface area contributed by atoms with Crippen molar-refractivity contribution in [1.82, 2.24) is 0 Å². The number of carbonyl (C=O) groups excluding carboxylic acids is 1. The van der Waals surface area contributed by atoms with Crippen LogP contribution in [0.25, 0.3) is 0 Å². The molecule has 0 radical (unpaired) electrons. The molecule has 0 unspecified atom stereocenters. The topological polar surface area (TPSA) is 50.1 Å². The number of carbonyl (C=O) groups is 1. The number of unbranched alkanes of at least 4 members (excludes halogenated alkanes) is 1. The van der Waals surface area contributed by atoms with Gasteiger partial charge in [-0.15, -0.1) is 0 Å². The van der Waals surface area contributed by atoms with Crippen LogP contribution in [0.5, 0.6) is 0 Å². The minimum absolute atomic E-state index is 0.0291. The Hall–Kier alpha value is -1.37. The average Bonchev–Trinajstić information content (AvgIpc) is 2.68. The largest absolute Gasteiger partial charge is 0.462 e. The molecule has 0 aromatic heterocycles. The van der Waals surface area contributed by atoms with E-state index in [2.05, 4.69) is 6.92 Å². The van der Waals surface area contributed by atoms with Crippen molar-refractivity contribution in [2.24, 2.45) is 17.8 Å². The second-order valence-electron chi connectivity index (χ2n) is 8.18. The van der Waals surface area contributed by atoms with Gasteiger partial charge in [-0.05, 0) is 82.1 Å². The second-order valence-corrected chi connectivity index (χ2v) is 8.18. The smallest absolute Gasteiger partial charge is 0.309 e. The Bertz CT molecular complexity index is 495. The van der Waals surface area contributed by atoms with Gasteiger partial charge < -0.3 is 4.74 Å². The molecule has 3 nitrogen and oxygen atoms in total. The van der Waals surface area contributed by atoms with Crippen LogP contribution < -0.4 is 0 Å². The molecule has 26 heavy (non-hydrogen) atoms. The lowest BCUT2D eigenvalue weighted by Crippen LogP contribution is -2.30. The second kappa shape index (κ2) is 11.4. The first-order chi connectivity index (χ1) is 12.6. The molecule has 0 N–H and O–H groups in total. The van der Waals surface area contributed by atoms with E-state index in [9.17, 15) is 9.18 Å². The fourth-order valence-electron chi connectivity index (χ4n) is 4.47. The Labute approximate surface area is 158 Å². The van der Waals surface area contributed by atoms with E-state index in [0.29, 0.717) is 12.3 Å². The lowest BCUT2D eigenvalue weighted by atomic mass is 9.79. The van der Waals surface area contributed by atoms with Gasteiger partial charge in [0.1, 0.15) is 12.2 Å². The van der Waals surface area contributed by atoms with Crippen molar-refractivity contribution in [3.05, 3.63) is 11.9 Å². The summed E-state index contributed by atoms with van der Waals surface area (Å²) in [5.41, 5.74) is 0. The Balaban J connectivity index is 1.62. The van der Waals surface area contributed by atoms with Crippen LogP contribution in [0.1, 0.15) is 90.4 Å². The van der Waals surface area contributed by atoms with E-state index in [1.807, 2.05) is 0 Å². The number of ether oxygens (including phenoxy) is 1. The van der Waals surface area contributed by atoms with Crippen molar-refractivity contribution in [3.63, 3.8) is 0 Å². The van der Waals surface area contributed by atoms with Gasteiger partial charge >= 0.3 is 5.97 Å². The molecule has 0 amide bonds. The molecule has 2 fully saturated rings. The zero-order valence-electron chi connectivity index (χ0n) is 16.2. The molecular formula is C22H34FNO2. The van der Waals surface area contributed by atoms with E-state index < -0.39 is 5.83 Å². The van der Waals surface area contributed by atoms with E-state index in [1.54, 1.807) is 0 Å². The van der Waals surface area contributed by atoms with Crippen molar-refractivity contribution >= 4 is 5.97 Å². The maximum absolute atomic E-state index is 12.8. The average molecular weight is 364 g/mol. The molecule has 0 saturated heterocycles. The highest BCUT2D eigenvalue weighted by Crippen LogP contribution is 2.34. The van der Waals surface area contributed by atoms with Crippen molar-refractivity contribution in [2.75, 3.05) is 0 Å². The van der Waals surface area contributed by atoms with Gasteiger partial charge in [-0.25, -0.2) is 0 Å². The van der Waals surface area contributed by atoms with Gasteiger partial charge in [-0.1, -0.05) is 26.2 Å². The number of halogens is 1. The lowest BCUT2D eigenvalue weighted by Gasteiger charge is -2.31. The summed E-state index contributed by atoms with van der Waals surface area (Å²) in [6.07, 6.45) is 15.1. The molecule has 4 heteroatoms. The first-order valence-electron chi connectivity index (χ1n) is 10.6. The summed E-state index contributed by atoms with van der Waals surface area (Å²) in [5, 5.41) is 8.41. The van der Waals surface area contributed by atoms with E-state index in [0.717, 1.165) is 50.9 Å². The van der Waals surface area contributed by atoms with Gasteiger partial charge in [0.05, 0.1) is 5.92 Å². The summed E-state index contributed by atoms with van der Waals surface area (Å²) in [6.45, 7) is 2.24. The minimum atomic E-state index is -0.683. The normalized spacial score (nSPS) is 29.8. The van der Waals surface area contributed by atoms with E-state index in [-0.39, 0.29) is 18.0 Å². The maximum Gasteiger partial charge on any atom is 0.309 e. The zero-order valence-corrected chi connectivity index (χ0v) is 16.2. The molecule has 0 aromatic carbocycles. The Morgan fingerprint density at radius 3 is 2.31 bits per heavy atom. The van der Waals surface area contributed by atoms with Crippen LogP contribution in [0, 0.1) is 29.1 Å². The third kappa shape index (κ3) is 7.09. The predicted molar refractivity (Wildman–Crippen MR) is 101 cm³/mol. The summed E-state index contributed by atoms with van der Waals surface area (Å²) in [5.74, 6) is 0.833. The molecule has 0 atom stereocenters. The van der Waals surface area contributed by atoms with Crippen molar-refractivity contribution in [1.29, 1.82) is 5.26 Å².